The second-order valence-corrected chi connectivity index (χ2v) is 7.20. The average molecular weight is 452 g/mol. The van der Waals surface area contributed by atoms with E-state index in [-0.39, 0.29) is 36.0 Å². The van der Waals surface area contributed by atoms with Crippen LogP contribution in [0.5, 0.6) is 0 Å². The van der Waals surface area contributed by atoms with Gasteiger partial charge in [0.25, 0.3) is 11.9 Å². The van der Waals surface area contributed by atoms with Crippen LogP contribution in [0.25, 0.3) is 5.70 Å². The number of anilines is 2. The number of carbonyl (C=O) groups is 1. The van der Waals surface area contributed by atoms with Crippen LogP contribution in [-0.4, -0.2) is 20.7 Å². The van der Waals surface area contributed by atoms with Crippen molar-refractivity contribution >= 4 is 35.9 Å². The molecule has 0 saturated heterocycles. The zero-order chi connectivity index (χ0) is 21.4. The predicted octanol–water partition coefficient (Wildman–Crippen LogP) is 5.05. The molecule has 1 aliphatic heterocycles. The highest BCUT2D eigenvalue weighted by Crippen LogP contribution is 2.33. The molecule has 1 amide bonds. The maximum Gasteiger partial charge on any atom is 0.293 e. The lowest BCUT2D eigenvalue weighted by molar-refractivity contribution is 0.0995. The highest BCUT2D eigenvalue weighted by molar-refractivity contribution is 6.01. The zero-order valence-electron chi connectivity index (χ0n) is 16.9. The third kappa shape index (κ3) is 4.13. The first-order valence-corrected chi connectivity index (χ1v) is 9.69. The molecule has 4 aromatic rings. The molecule has 0 aliphatic carbocycles. The molecule has 0 fully saturated rings. The van der Waals surface area contributed by atoms with Gasteiger partial charge in [0.1, 0.15) is 11.9 Å². The van der Waals surface area contributed by atoms with Gasteiger partial charge in [-0.2, -0.15) is 4.98 Å². The summed E-state index contributed by atoms with van der Waals surface area (Å²) in [5.74, 6) is -0.00497. The van der Waals surface area contributed by atoms with Gasteiger partial charge >= 0.3 is 0 Å². The average Bonchev–Trinajstić information content (AvgIpc) is 3.44. The molecular weight excluding hydrogens is 433 g/mol. The van der Waals surface area contributed by atoms with E-state index in [2.05, 4.69) is 20.7 Å². The number of carbonyl (C=O) groups excluding carboxylic acids is 1. The molecule has 1 aliphatic rings. The molecule has 162 valence electrons. The van der Waals surface area contributed by atoms with Gasteiger partial charge in [0.2, 0.25) is 5.95 Å². The predicted molar refractivity (Wildman–Crippen MR) is 121 cm³/mol. The molecule has 3 heterocycles. The molecule has 5 rings (SSSR count). The number of nitrogens with zero attached hydrogens (tertiary/aromatic N) is 3. The van der Waals surface area contributed by atoms with Gasteiger partial charge in [0, 0.05) is 5.70 Å². The smallest absolute Gasteiger partial charge is 0.293 e. The van der Waals surface area contributed by atoms with Crippen molar-refractivity contribution in [3.8, 4) is 0 Å². The Morgan fingerprint density at radius 3 is 2.56 bits per heavy atom. The molecule has 0 spiro atoms. The molecule has 32 heavy (non-hydrogen) atoms. The molecule has 0 radical (unpaired) electrons. The van der Waals surface area contributed by atoms with E-state index in [4.69, 9.17) is 4.42 Å². The number of furan rings is 1. The second-order valence-electron chi connectivity index (χ2n) is 7.20. The maximum absolute atomic E-state index is 13.5. The second kappa shape index (κ2) is 8.68. The van der Waals surface area contributed by atoms with Crippen molar-refractivity contribution in [2.45, 2.75) is 13.0 Å². The lowest BCUT2D eigenvalue weighted by atomic mass is 10.0. The Labute approximate surface area is 189 Å². The van der Waals surface area contributed by atoms with Crippen molar-refractivity contribution in [3.63, 3.8) is 0 Å². The van der Waals surface area contributed by atoms with Gasteiger partial charge in [0.05, 0.1) is 6.26 Å². The van der Waals surface area contributed by atoms with Crippen LogP contribution in [0.2, 0.25) is 0 Å². The van der Waals surface area contributed by atoms with Crippen LogP contribution in [0.3, 0.4) is 0 Å². The summed E-state index contributed by atoms with van der Waals surface area (Å²) in [5, 5.41) is 10.4. The van der Waals surface area contributed by atoms with Crippen molar-refractivity contribution in [1.82, 2.24) is 14.8 Å². The number of allylic oxidation sites excluding steroid dienone is 1. The molecule has 1 atom stereocenters. The number of hydrogen-bond donors (Lipinski definition) is 2. The highest BCUT2D eigenvalue weighted by atomic mass is 35.5. The minimum absolute atomic E-state index is 0. The van der Waals surface area contributed by atoms with Crippen LogP contribution >= 0.6 is 12.4 Å². The Hall–Kier alpha value is -3.91. The SMILES string of the molecule is Cc1ccc(C2=CC(c3ccc(F)cc3)n3nc(NC(=O)c4ccco4)nc3N2)cc1.Cl. The van der Waals surface area contributed by atoms with E-state index >= 15 is 0 Å². The van der Waals surface area contributed by atoms with E-state index in [0.29, 0.717) is 5.95 Å². The number of fused-ring (bicyclic) bond motifs is 1. The van der Waals surface area contributed by atoms with Crippen LogP contribution in [0.1, 0.15) is 33.3 Å². The molecular formula is C23H19ClFN5O2. The van der Waals surface area contributed by atoms with Gasteiger partial charge in [-0.3, -0.25) is 10.1 Å². The molecule has 2 aromatic heterocycles. The van der Waals surface area contributed by atoms with Crippen LogP contribution in [0, 0.1) is 12.7 Å². The van der Waals surface area contributed by atoms with Gasteiger partial charge < -0.3 is 9.73 Å². The van der Waals surface area contributed by atoms with Gasteiger partial charge in [-0.1, -0.05) is 42.0 Å². The molecule has 9 heteroatoms. The third-order valence-corrected chi connectivity index (χ3v) is 5.01. The third-order valence-electron chi connectivity index (χ3n) is 5.01. The Morgan fingerprint density at radius 2 is 1.88 bits per heavy atom. The van der Waals surface area contributed by atoms with Crippen LogP contribution < -0.4 is 10.6 Å². The first kappa shape index (κ1) is 21.3. The van der Waals surface area contributed by atoms with Gasteiger partial charge in [-0.05, 0) is 48.4 Å². The van der Waals surface area contributed by atoms with E-state index in [0.717, 1.165) is 22.4 Å². The number of halogens is 2. The number of nitrogens with one attached hydrogen (secondary N) is 2. The van der Waals surface area contributed by atoms with E-state index < -0.39 is 5.91 Å². The summed E-state index contributed by atoms with van der Waals surface area (Å²) in [6.07, 6.45) is 3.42. The topological polar surface area (TPSA) is 85.0 Å². The lowest BCUT2D eigenvalue weighted by Gasteiger charge is -2.24. The molecule has 0 bridgehead atoms. The minimum atomic E-state index is -0.446. The number of aromatic nitrogens is 3. The van der Waals surface area contributed by atoms with Crippen molar-refractivity contribution in [2.24, 2.45) is 0 Å². The Bertz CT molecular complexity index is 1260. The molecule has 2 N–H and O–H groups in total. The van der Waals surface area contributed by atoms with Gasteiger partial charge in [0.15, 0.2) is 5.76 Å². The van der Waals surface area contributed by atoms with Crippen molar-refractivity contribution < 1.29 is 13.6 Å². The fourth-order valence-electron chi connectivity index (χ4n) is 3.42. The highest BCUT2D eigenvalue weighted by Gasteiger charge is 2.26. The monoisotopic (exact) mass is 451 g/mol. The van der Waals surface area contributed by atoms with E-state index in [9.17, 15) is 9.18 Å². The van der Waals surface area contributed by atoms with Gasteiger partial charge in [-0.25, -0.2) is 9.07 Å². The first-order valence-electron chi connectivity index (χ1n) is 9.69. The van der Waals surface area contributed by atoms with Crippen molar-refractivity contribution in [1.29, 1.82) is 0 Å². The normalized spacial score (nSPS) is 14.6. The quantitative estimate of drug-likeness (QED) is 0.453. The fraction of sp³-hybridized carbons (Fsp3) is 0.0870. The zero-order valence-corrected chi connectivity index (χ0v) is 17.8. The fourth-order valence-corrected chi connectivity index (χ4v) is 3.42. The number of amides is 1. The van der Waals surface area contributed by atoms with E-state index in [1.807, 2.05) is 37.3 Å². The summed E-state index contributed by atoms with van der Waals surface area (Å²) in [6, 6.07) is 17.2. The van der Waals surface area contributed by atoms with E-state index in [1.54, 1.807) is 28.9 Å². The molecule has 1 unspecified atom stereocenters. The van der Waals surface area contributed by atoms with Crippen molar-refractivity contribution in [2.75, 3.05) is 10.6 Å². The largest absolute Gasteiger partial charge is 0.459 e. The molecule has 0 saturated carbocycles. The maximum atomic E-state index is 13.5. The number of aryl methyl sites for hydroxylation is 1. The van der Waals surface area contributed by atoms with Crippen LogP contribution in [0.4, 0.5) is 16.3 Å². The summed E-state index contributed by atoms with van der Waals surface area (Å²) in [7, 11) is 0. The lowest BCUT2D eigenvalue weighted by Crippen LogP contribution is -2.20. The Balaban J connectivity index is 0.00000245. The standard InChI is InChI=1S/C23H18FN5O2.ClH/c1-14-4-6-15(7-5-14)18-13-19(16-8-10-17(24)11-9-16)29-23(25-18)27-22(28-29)26-21(30)20-3-2-12-31-20;/h2-13,19H,1H3,(H2,25,26,27,28,30);1H. The van der Waals surface area contributed by atoms with Gasteiger partial charge in [-0.15, -0.1) is 17.5 Å². The van der Waals surface area contributed by atoms with Crippen molar-refractivity contribution in [3.05, 3.63) is 101 Å². The number of rotatable bonds is 4. The molecule has 7 nitrogen and oxygen atoms in total. The summed E-state index contributed by atoms with van der Waals surface area (Å²) in [6.45, 7) is 2.03. The summed E-state index contributed by atoms with van der Waals surface area (Å²) >= 11 is 0. The van der Waals surface area contributed by atoms with Crippen LogP contribution in [0.15, 0.2) is 77.4 Å². The Morgan fingerprint density at radius 1 is 1.12 bits per heavy atom. The minimum Gasteiger partial charge on any atom is -0.459 e. The Kier molecular flexibility index (Phi) is 5.79. The summed E-state index contributed by atoms with van der Waals surface area (Å²) < 4.78 is 20.3. The number of hydrogen-bond acceptors (Lipinski definition) is 5. The van der Waals surface area contributed by atoms with E-state index in [1.165, 1.54) is 18.4 Å². The van der Waals surface area contributed by atoms with Crippen LogP contribution in [-0.2, 0) is 0 Å². The summed E-state index contributed by atoms with van der Waals surface area (Å²) in [4.78, 5) is 16.8. The molecule has 2 aromatic carbocycles. The summed E-state index contributed by atoms with van der Waals surface area (Å²) in [5.41, 5.74) is 3.81. The number of benzene rings is 2. The first-order chi connectivity index (χ1) is 15.1.